The molecule has 122 valence electrons. The van der Waals surface area contributed by atoms with Gasteiger partial charge in [0.25, 0.3) is 5.91 Å². The molecule has 0 saturated heterocycles. The molecular formula is C16H17FN2O4. The fraction of sp³-hybridized carbons (Fsp3) is 0.250. The SMILES string of the molecule is O=C(CCNC(=O)c1ccco1)NCC(O)c1ccc(F)cc1. The highest BCUT2D eigenvalue weighted by Gasteiger charge is 2.11. The minimum absolute atomic E-state index is 0.0105. The third kappa shape index (κ3) is 5.23. The van der Waals surface area contributed by atoms with E-state index in [0.717, 1.165) is 0 Å². The Bertz CT molecular complexity index is 641. The zero-order valence-corrected chi connectivity index (χ0v) is 12.3. The number of amides is 2. The third-order valence-electron chi connectivity index (χ3n) is 3.13. The Morgan fingerprint density at radius 2 is 1.91 bits per heavy atom. The number of hydrogen-bond donors (Lipinski definition) is 3. The number of nitrogens with one attached hydrogen (secondary N) is 2. The molecule has 0 fully saturated rings. The van der Waals surface area contributed by atoms with Crippen molar-refractivity contribution in [3.8, 4) is 0 Å². The van der Waals surface area contributed by atoms with Crippen molar-refractivity contribution in [1.82, 2.24) is 10.6 Å². The molecular weight excluding hydrogens is 303 g/mol. The van der Waals surface area contributed by atoms with Crippen LogP contribution in [0.4, 0.5) is 4.39 Å². The van der Waals surface area contributed by atoms with Crippen molar-refractivity contribution in [1.29, 1.82) is 0 Å². The lowest BCUT2D eigenvalue weighted by atomic mass is 10.1. The molecule has 0 aliphatic rings. The van der Waals surface area contributed by atoms with Gasteiger partial charge in [-0.2, -0.15) is 0 Å². The predicted molar refractivity (Wildman–Crippen MR) is 80.0 cm³/mol. The van der Waals surface area contributed by atoms with Crippen molar-refractivity contribution in [3.05, 3.63) is 59.8 Å². The second-order valence-electron chi connectivity index (χ2n) is 4.85. The summed E-state index contributed by atoms with van der Waals surface area (Å²) in [4.78, 5) is 23.2. The minimum Gasteiger partial charge on any atom is -0.459 e. The maximum absolute atomic E-state index is 12.8. The van der Waals surface area contributed by atoms with Gasteiger partial charge in [0.05, 0.1) is 12.4 Å². The molecule has 2 aromatic rings. The first-order chi connectivity index (χ1) is 11.1. The zero-order chi connectivity index (χ0) is 16.7. The molecule has 1 atom stereocenters. The fourth-order valence-electron chi connectivity index (χ4n) is 1.89. The minimum atomic E-state index is -0.919. The Labute approximate surface area is 132 Å². The number of halogens is 1. The fourth-order valence-corrected chi connectivity index (χ4v) is 1.89. The average molecular weight is 320 g/mol. The number of aliphatic hydroxyl groups is 1. The van der Waals surface area contributed by atoms with Gasteiger partial charge in [0.2, 0.25) is 5.91 Å². The molecule has 0 spiro atoms. The number of hydrogen-bond acceptors (Lipinski definition) is 4. The van der Waals surface area contributed by atoms with Gasteiger partial charge in [0.15, 0.2) is 5.76 Å². The van der Waals surface area contributed by atoms with E-state index < -0.39 is 17.8 Å². The van der Waals surface area contributed by atoms with Crippen LogP contribution in [0.2, 0.25) is 0 Å². The largest absolute Gasteiger partial charge is 0.459 e. The summed E-state index contributed by atoms with van der Waals surface area (Å²) >= 11 is 0. The first-order valence-corrected chi connectivity index (χ1v) is 7.08. The second kappa shape index (κ2) is 8.09. The number of aliphatic hydroxyl groups excluding tert-OH is 1. The zero-order valence-electron chi connectivity index (χ0n) is 12.3. The van der Waals surface area contributed by atoms with Crippen molar-refractivity contribution >= 4 is 11.8 Å². The van der Waals surface area contributed by atoms with Crippen molar-refractivity contribution in [2.45, 2.75) is 12.5 Å². The van der Waals surface area contributed by atoms with Gasteiger partial charge in [-0.05, 0) is 29.8 Å². The van der Waals surface area contributed by atoms with E-state index in [-0.39, 0.29) is 31.2 Å². The summed E-state index contributed by atoms with van der Waals surface area (Å²) in [6, 6.07) is 8.51. The molecule has 1 heterocycles. The summed E-state index contributed by atoms with van der Waals surface area (Å²) < 4.78 is 17.7. The van der Waals surface area contributed by atoms with E-state index in [9.17, 15) is 19.1 Å². The lowest BCUT2D eigenvalue weighted by molar-refractivity contribution is -0.121. The van der Waals surface area contributed by atoms with E-state index in [1.807, 2.05) is 0 Å². The van der Waals surface area contributed by atoms with Crippen LogP contribution >= 0.6 is 0 Å². The standard InChI is InChI=1S/C16H17FN2O4/c17-12-5-3-11(4-6-12)13(20)10-19-15(21)7-8-18-16(22)14-2-1-9-23-14/h1-6,9,13,20H,7-8,10H2,(H,18,22)(H,19,21). The first-order valence-electron chi connectivity index (χ1n) is 7.08. The molecule has 1 aromatic carbocycles. The summed E-state index contributed by atoms with van der Waals surface area (Å²) in [6.07, 6.45) is 0.540. The van der Waals surface area contributed by atoms with Crippen molar-refractivity contribution < 1.29 is 23.5 Å². The Morgan fingerprint density at radius 1 is 1.17 bits per heavy atom. The molecule has 1 unspecified atom stereocenters. The van der Waals surface area contributed by atoms with Crippen LogP contribution in [0.1, 0.15) is 28.6 Å². The molecule has 1 aromatic heterocycles. The van der Waals surface area contributed by atoms with E-state index in [0.29, 0.717) is 5.56 Å². The summed E-state index contributed by atoms with van der Waals surface area (Å²) in [5.41, 5.74) is 0.512. The maximum Gasteiger partial charge on any atom is 0.286 e. The molecule has 0 bridgehead atoms. The van der Waals surface area contributed by atoms with Gasteiger partial charge in [0, 0.05) is 19.5 Å². The normalized spacial score (nSPS) is 11.7. The van der Waals surface area contributed by atoms with Gasteiger partial charge < -0.3 is 20.2 Å². The van der Waals surface area contributed by atoms with Crippen LogP contribution in [-0.2, 0) is 4.79 Å². The summed E-state index contributed by atoms with van der Waals surface area (Å²) in [5.74, 6) is -0.922. The number of benzene rings is 1. The molecule has 0 saturated carbocycles. The van der Waals surface area contributed by atoms with Crippen molar-refractivity contribution in [2.24, 2.45) is 0 Å². The van der Waals surface area contributed by atoms with Gasteiger partial charge >= 0.3 is 0 Å². The Kier molecular flexibility index (Phi) is 5.87. The molecule has 3 N–H and O–H groups in total. The van der Waals surface area contributed by atoms with E-state index in [2.05, 4.69) is 10.6 Å². The van der Waals surface area contributed by atoms with Gasteiger partial charge in [0.1, 0.15) is 5.82 Å². The molecule has 23 heavy (non-hydrogen) atoms. The van der Waals surface area contributed by atoms with Gasteiger partial charge in [-0.25, -0.2) is 4.39 Å². The lowest BCUT2D eigenvalue weighted by Crippen LogP contribution is -2.32. The molecule has 6 nitrogen and oxygen atoms in total. The maximum atomic E-state index is 12.8. The van der Waals surface area contributed by atoms with E-state index in [1.165, 1.54) is 36.6 Å². The van der Waals surface area contributed by atoms with E-state index in [4.69, 9.17) is 4.42 Å². The number of rotatable bonds is 7. The van der Waals surface area contributed by atoms with Crippen LogP contribution in [0.15, 0.2) is 47.1 Å². The molecule has 0 aliphatic heterocycles. The topological polar surface area (TPSA) is 91.6 Å². The molecule has 0 radical (unpaired) electrons. The number of carbonyl (C=O) groups is 2. The van der Waals surface area contributed by atoms with Crippen LogP contribution in [0.3, 0.4) is 0 Å². The van der Waals surface area contributed by atoms with Crippen LogP contribution in [0.25, 0.3) is 0 Å². The third-order valence-corrected chi connectivity index (χ3v) is 3.13. The quantitative estimate of drug-likeness (QED) is 0.719. The highest BCUT2D eigenvalue weighted by Crippen LogP contribution is 2.12. The smallest absolute Gasteiger partial charge is 0.286 e. The van der Waals surface area contributed by atoms with Crippen LogP contribution in [0, 0.1) is 5.82 Å². The Balaban J connectivity index is 1.66. The summed E-state index contributed by atoms with van der Waals surface area (Å²) in [6.45, 7) is 0.161. The van der Waals surface area contributed by atoms with Crippen LogP contribution < -0.4 is 10.6 Å². The first kappa shape index (κ1) is 16.7. The highest BCUT2D eigenvalue weighted by molar-refractivity contribution is 5.91. The second-order valence-corrected chi connectivity index (χ2v) is 4.85. The lowest BCUT2D eigenvalue weighted by Gasteiger charge is -2.12. The summed E-state index contributed by atoms with van der Waals surface area (Å²) in [7, 11) is 0. The van der Waals surface area contributed by atoms with Crippen LogP contribution in [0.5, 0.6) is 0 Å². The number of carbonyl (C=O) groups excluding carboxylic acids is 2. The van der Waals surface area contributed by atoms with Gasteiger partial charge in [-0.15, -0.1) is 0 Å². The predicted octanol–water partition coefficient (Wildman–Crippen LogP) is 1.39. The van der Waals surface area contributed by atoms with E-state index >= 15 is 0 Å². The monoisotopic (exact) mass is 320 g/mol. The van der Waals surface area contributed by atoms with Gasteiger partial charge in [-0.3, -0.25) is 9.59 Å². The van der Waals surface area contributed by atoms with Crippen LogP contribution in [-0.4, -0.2) is 30.0 Å². The van der Waals surface area contributed by atoms with Crippen molar-refractivity contribution in [3.63, 3.8) is 0 Å². The van der Waals surface area contributed by atoms with Gasteiger partial charge in [-0.1, -0.05) is 12.1 Å². The summed E-state index contributed by atoms with van der Waals surface area (Å²) in [5, 5.41) is 15.0. The average Bonchev–Trinajstić information content (AvgIpc) is 3.07. The molecule has 2 rings (SSSR count). The molecule has 0 aliphatic carbocycles. The Hall–Kier alpha value is -2.67. The van der Waals surface area contributed by atoms with E-state index in [1.54, 1.807) is 6.07 Å². The molecule has 7 heteroatoms. The van der Waals surface area contributed by atoms with Crippen molar-refractivity contribution in [2.75, 3.05) is 13.1 Å². The Morgan fingerprint density at radius 3 is 2.57 bits per heavy atom. The number of furan rings is 1. The molecule has 2 amide bonds. The highest BCUT2D eigenvalue weighted by atomic mass is 19.1.